The van der Waals surface area contributed by atoms with E-state index in [4.69, 9.17) is 9.47 Å². The lowest BCUT2D eigenvalue weighted by molar-refractivity contribution is -0.117. The average molecular weight is 410 g/mol. The predicted octanol–water partition coefficient (Wildman–Crippen LogP) is 3.69. The van der Waals surface area contributed by atoms with Gasteiger partial charge in [0.1, 0.15) is 0 Å². The minimum Gasteiger partial charge on any atom is -0.454 e. The number of para-hydroxylation sites is 1. The standard InChI is InChI=1S/C24H31N3O3/c1-3-18(2)20-6-4-5-7-21(20)25-24(28)16-27-12-10-26(11-13-27)15-19-8-9-22-23(14-19)30-17-29-22/h4-9,14,18H,3,10-13,15-17H2,1-2H3,(H,25,28)/t18-/m1/s1. The Hall–Kier alpha value is -2.57. The van der Waals surface area contributed by atoms with Crippen LogP contribution >= 0.6 is 0 Å². The van der Waals surface area contributed by atoms with Gasteiger partial charge in [-0.2, -0.15) is 0 Å². The summed E-state index contributed by atoms with van der Waals surface area (Å²) in [6.45, 7) is 9.69. The third kappa shape index (κ3) is 4.94. The first-order chi connectivity index (χ1) is 14.6. The largest absolute Gasteiger partial charge is 0.454 e. The van der Waals surface area contributed by atoms with Crippen molar-refractivity contribution in [3.8, 4) is 11.5 Å². The van der Waals surface area contributed by atoms with Crippen molar-refractivity contribution in [2.75, 3.05) is 44.8 Å². The number of hydrogen-bond donors (Lipinski definition) is 1. The van der Waals surface area contributed by atoms with Gasteiger partial charge in [0.15, 0.2) is 11.5 Å². The number of anilines is 1. The van der Waals surface area contributed by atoms with Crippen LogP contribution in [-0.4, -0.2) is 55.2 Å². The van der Waals surface area contributed by atoms with E-state index in [-0.39, 0.29) is 5.91 Å². The van der Waals surface area contributed by atoms with Crippen molar-refractivity contribution in [1.82, 2.24) is 9.80 Å². The smallest absolute Gasteiger partial charge is 0.238 e. The van der Waals surface area contributed by atoms with Crippen LogP contribution in [0.2, 0.25) is 0 Å². The predicted molar refractivity (Wildman–Crippen MR) is 118 cm³/mol. The fourth-order valence-corrected chi connectivity index (χ4v) is 4.06. The number of hydrogen-bond acceptors (Lipinski definition) is 5. The quantitative estimate of drug-likeness (QED) is 0.756. The molecule has 0 bridgehead atoms. The second kappa shape index (κ2) is 9.49. The van der Waals surface area contributed by atoms with Crippen molar-refractivity contribution < 1.29 is 14.3 Å². The van der Waals surface area contributed by atoms with E-state index in [1.807, 2.05) is 24.3 Å². The molecule has 4 rings (SSSR count). The maximum Gasteiger partial charge on any atom is 0.238 e. The molecule has 1 amide bonds. The highest BCUT2D eigenvalue weighted by molar-refractivity contribution is 5.93. The van der Waals surface area contributed by atoms with E-state index in [2.05, 4.69) is 47.2 Å². The lowest BCUT2D eigenvalue weighted by Crippen LogP contribution is -2.48. The van der Waals surface area contributed by atoms with Gasteiger partial charge in [-0.15, -0.1) is 0 Å². The number of nitrogens with one attached hydrogen (secondary N) is 1. The Bertz CT molecular complexity index is 878. The van der Waals surface area contributed by atoms with Crippen LogP contribution < -0.4 is 14.8 Å². The molecule has 30 heavy (non-hydrogen) atoms. The maximum absolute atomic E-state index is 12.6. The van der Waals surface area contributed by atoms with E-state index in [1.54, 1.807) is 0 Å². The first-order valence-electron chi connectivity index (χ1n) is 10.8. The summed E-state index contributed by atoms with van der Waals surface area (Å²) < 4.78 is 10.9. The fourth-order valence-electron chi connectivity index (χ4n) is 4.06. The van der Waals surface area contributed by atoms with Gasteiger partial charge in [-0.25, -0.2) is 0 Å². The van der Waals surface area contributed by atoms with Gasteiger partial charge >= 0.3 is 0 Å². The van der Waals surface area contributed by atoms with Crippen LogP contribution in [-0.2, 0) is 11.3 Å². The SMILES string of the molecule is CC[C@@H](C)c1ccccc1NC(=O)CN1CCN(Cc2ccc3c(c2)OCO3)CC1. The second-order valence-corrected chi connectivity index (χ2v) is 8.18. The number of piperazine rings is 1. The van der Waals surface area contributed by atoms with Crippen LogP contribution in [0, 0.1) is 0 Å². The Balaban J connectivity index is 1.25. The summed E-state index contributed by atoms with van der Waals surface area (Å²) in [5.41, 5.74) is 3.38. The maximum atomic E-state index is 12.6. The molecular weight excluding hydrogens is 378 g/mol. The Morgan fingerprint density at radius 2 is 1.77 bits per heavy atom. The number of amides is 1. The highest BCUT2D eigenvalue weighted by atomic mass is 16.7. The van der Waals surface area contributed by atoms with Crippen molar-refractivity contribution in [2.24, 2.45) is 0 Å². The number of carbonyl (C=O) groups excluding carboxylic acids is 1. The van der Waals surface area contributed by atoms with Gasteiger partial charge in [0.25, 0.3) is 0 Å². The van der Waals surface area contributed by atoms with Gasteiger partial charge in [-0.3, -0.25) is 14.6 Å². The van der Waals surface area contributed by atoms with E-state index in [9.17, 15) is 4.79 Å². The summed E-state index contributed by atoms with van der Waals surface area (Å²) >= 11 is 0. The molecule has 2 aliphatic heterocycles. The molecule has 1 saturated heterocycles. The molecule has 6 nitrogen and oxygen atoms in total. The van der Waals surface area contributed by atoms with Crippen LogP contribution in [0.25, 0.3) is 0 Å². The Kier molecular flexibility index (Phi) is 6.55. The Labute approximate surface area is 178 Å². The van der Waals surface area contributed by atoms with Crippen LogP contribution in [0.15, 0.2) is 42.5 Å². The zero-order valence-corrected chi connectivity index (χ0v) is 17.9. The van der Waals surface area contributed by atoms with Crippen LogP contribution in [0.4, 0.5) is 5.69 Å². The molecule has 1 N–H and O–H groups in total. The van der Waals surface area contributed by atoms with Gasteiger partial charge in [-0.1, -0.05) is 38.1 Å². The summed E-state index contributed by atoms with van der Waals surface area (Å²) in [6.07, 6.45) is 1.05. The molecular formula is C24H31N3O3. The first kappa shape index (κ1) is 20.7. The number of benzene rings is 2. The molecule has 0 saturated carbocycles. The molecule has 160 valence electrons. The third-order valence-electron chi connectivity index (χ3n) is 6.05. The molecule has 0 aliphatic carbocycles. The van der Waals surface area contributed by atoms with Crippen LogP contribution in [0.1, 0.15) is 37.3 Å². The number of nitrogens with zero attached hydrogens (tertiary/aromatic N) is 2. The monoisotopic (exact) mass is 409 g/mol. The lowest BCUT2D eigenvalue weighted by Gasteiger charge is -2.34. The summed E-state index contributed by atoms with van der Waals surface area (Å²) in [6, 6.07) is 14.3. The molecule has 2 aromatic carbocycles. The topological polar surface area (TPSA) is 54.0 Å². The molecule has 0 aromatic heterocycles. The van der Waals surface area contributed by atoms with Crippen molar-refractivity contribution in [1.29, 1.82) is 0 Å². The Morgan fingerprint density at radius 1 is 1.03 bits per heavy atom. The normalized spacial score (nSPS) is 17.7. The van der Waals surface area contributed by atoms with E-state index in [1.165, 1.54) is 11.1 Å². The van der Waals surface area contributed by atoms with Crippen LogP contribution in [0.3, 0.4) is 0 Å². The molecule has 0 radical (unpaired) electrons. The van der Waals surface area contributed by atoms with Gasteiger partial charge in [0.05, 0.1) is 6.54 Å². The lowest BCUT2D eigenvalue weighted by atomic mass is 9.97. The van der Waals surface area contributed by atoms with Gasteiger partial charge in [-0.05, 0) is 41.7 Å². The van der Waals surface area contributed by atoms with E-state index in [0.717, 1.165) is 56.3 Å². The van der Waals surface area contributed by atoms with Gasteiger partial charge < -0.3 is 14.8 Å². The van der Waals surface area contributed by atoms with Gasteiger partial charge in [0.2, 0.25) is 12.7 Å². The minimum absolute atomic E-state index is 0.0648. The summed E-state index contributed by atoms with van der Waals surface area (Å²) in [5.74, 6) is 2.15. The van der Waals surface area contributed by atoms with E-state index in [0.29, 0.717) is 19.3 Å². The molecule has 0 unspecified atom stereocenters. The summed E-state index contributed by atoms with van der Waals surface area (Å²) in [7, 11) is 0. The number of rotatable bonds is 7. The molecule has 0 spiro atoms. The number of carbonyl (C=O) groups is 1. The molecule has 2 aromatic rings. The zero-order valence-electron chi connectivity index (χ0n) is 17.9. The van der Waals surface area contributed by atoms with Gasteiger partial charge in [0, 0.05) is 38.4 Å². The molecule has 2 aliphatic rings. The fraction of sp³-hybridized carbons (Fsp3) is 0.458. The summed E-state index contributed by atoms with van der Waals surface area (Å²) in [4.78, 5) is 17.3. The molecule has 1 atom stereocenters. The third-order valence-corrected chi connectivity index (χ3v) is 6.05. The zero-order chi connectivity index (χ0) is 20.9. The number of fused-ring (bicyclic) bond motifs is 1. The average Bonchev–Trinajstić information content (AvgIpc) is 3.23. The van der Waals surface area contributed by atoms with Crippen molar-refractivity contribution in [3.05, 3.63) is 53.6 Å². The Morgan fingerprint density at radius 3 is 2.57 bits per heavy atom. The van der Waals surface area contributed by atoms with Crippen molar-refractivity contribution >= 4 is 11.6 Å². The van der Waals surface area contributed by atoms with E-state index < -0.39 is 0 Å². The highest BCUT2D eigenvalue weighted by Crippen LogP contribution is 2.33. The highest BCUT2D eigenvalue weighted by Gasteiger charge is 2.21. The minimum atomic E-state index is 0.0648. The second-order valence-electron chi connectivity index (χ2n) is 8.18. The molecule has 6 heteroatoms. The number of ether oxygens (including phenoxy) is 2. The first-order valence-corrected chi connectivity index (χ1v) is 10.8. The summed E-state index contributed by atoms with van der Waals surface area (Å²) in [5, 5.41) is 3.13. The van der Waals surface area contributed by atoms with E-state index >= 15 is 0 Å². The molecule has 1 fully saturated rings. The van der Waals surface area contributed by atoms with Crippen molar-refractivity contribution in [2.45, 2.75) is 32.7 Å². The van der Waals surface area contributed by atoms with Crippen LogP contribution in [0.5, 0.6) is 11.5 Å². The van der Waals surface area contributed by atoms with Crippen molar-refractivity contribution in [3.63, 3.8) is 0 Å². The molecule has 2 heterocycles.